The van der Waals surface area contributed by atoms with Crippen LogP contribution >= 0.6 is 0 Å². The quantitative estimate of drug-likeness (QED) is 0.741. The molecule has 1 aromatic heterocycles. The second kappa shape index (κ2) is 4.06. The highest BCUT2D eigenvalue weighted by molar-refractivity contribution is 4.92. The summed E-state index contributed by atoms with van der Waals surface area (Å²) in [6.45, 7) is 7.44. The van der Waals surface area contributed by atoms with Crippen LogP contribution in [0.15, 0.2) is 0 Å². The Balaban J connectivity index is 1.93. The van der Waals surface area contributed by atoms with Crippen molar-refractivity contribution in [3.05, 3.63) is 11.6 Å². The monoisotopic (exact) mass is 196 g/mol. The molecular weight excluding hydrogens is 180 g/mol. The largest absolute Gasteiger partial charge is 0.368 e. The maximum atomic E-state index is 5.63. The molecule has 0 bridgehead atoms. The van der Waals surface area contributed by atoms with E-state index in [9.17, 15) is 0 Å². The lowest BCUT2D eigenvalue weighted by molar-refractivity contribution is 0.00305. The van der Waals surface area contributed by atoms with Crippen LogP contribution in [0, 0.1) is 6.92 Å². The lowest BCUT2D eigenvalue weighted by Gasteiger charge is -2.26. The van der Waals surface area contributed by atoms with Gasteiger partial charge < -0.3 is 14.6 Å². The Morgan fingerprint density at radius 1 is 1.50 bits per heavy atom. The van der Waals surface area contributed by atoms with E-state index in [1.165, 1.54) is 0 Å². The molecule has 1 saturated heterocycles. The molecule has 0 spiro atoms. The Kier molecular flexibility index (Phi) is 2.79. The first kappa shape index (κ1) is 9.61. The second-order valence-corrected chi connectivity index (χ2v) is 3.50. The first-order valence-corrected chi connectivity index (χ1v) is 5.02. The predicted octanol–water partition coefficient (Wildman–Crippen LogP) is 0.0948. The van der Waals surface area contributed by atoms with Gasteiger partial charge in [0, 0.05) is 19.6 Å². The molecule has 1 aliphatic rings. The van der Waals surface area contributed by atoms with Gasteiger partial charge in [0.25, 0.3) is 0 Å². The summed E-state index contributed by atoms with van der Waals surface area (Å²) in [5.41, 5.74) is 0. The molecule has 1 aliphatic heterocycles. The highest BCUT2D eigenvalue weighted by atomic mass is 16.5. The molecule has 1 N–H and O–H groups in total. The van der Waals surface area contributed by atoms with Crippen LogP contribution in [0.1, 0.15) is 18.6 Å². The number of hydrogen-bond donors (Lipinski definition) is 1. The molecule has 5 heteroatoms. The van der Waals surface area contributed by atoms with Gasteiger partial charge in [-0.25, -0.2) is 0 Å². The van der Waals surface area contributed by atoms with Gasteiger partial charge in [-0.2, -0.15) is 0 Å². The van der Waals surface area contributed by atoms with E-state index < -0.39 is 0 Å². The molecule has 5 nitrogen and oxygen atoms in total. The second-order valence-electron chi connectivity index (χ2n) is 3.50. The average molecular weight is 196 g/mol. The number of rotatable bonds is 4. The van der Waals surface area contributed by atoms with Crippen LogP contribution in [0.25, 0.3) is 0 Å². The normalized spacial score (nSPS) is 17.0. The minimum Gasteiger partial charge on any atom is -0.368 e. The van der Waals surface area contributed by atoms with Crippen LogP contribution in [0.5, 0.6) is 0 Å². The fourth-order valence-corrected chi connectivity index (χ4v) is 1.52. The first-order chi connectivity index (χ1) is 6.81. The molecule has 0 amide bonds. The van der Waals surface area contributed by atoms with Gasteiger partial charge in [-0.15, -0.1) is 10.2 Å². The Morgan fingerprint density at radius 3 is 2.86 bits per heavy atom. The highest BCUT2D eigenvalue weighted by Gasteiger charge is 2.18. The Labute approximate surface area is 83.5 Å². The number of aromatic nitrogens is 3. The number of nitrogens with one attached hydrogen (secondary N) is 1. The fraction of sp³-hybridized carbons (Fsp3) is 0.778. The van der Waals surface area contributed by atoms with Crippen LogP contribution < -0.4 is 5.32 Å². The van der Waals surface area contributed by atoms with E-state index in [2.05, 4.69) is 27.0 Å². The molecule has 0 aromatic carbocycles. The summed E-state index contributed by atoms with van der Waals surface area (Å²) in [7, 11) is 0. The molecule has 1 aromatic rings. The van der Waals surface area contributed by atoms with Crippen molar-refractivity contribution in [3.8, 4) is 0 Å². The number of ether oxygens (including phenoxy) is 1. The summed E-state index contributed by atoms with van der Waals surface area (Å²) in [6.07, 6.45) is 0.359. The summed E-state index contributed by atoms with van der Waals surface area (Å²) in [5.74, 6) is 1.88. The molecule has 0 unspecified atom stereocenters. The van der Waals surface area contributed by atoms with Gasteiger partial charge >= 0.3 is 0 Å². The molecule has 1 fully saturated rings. The van der Waals surface area contributed by atoms with Crippen molar-refractivity contribution in [1.29, 1.82) is 0 Å². The van der Waals surface area contributed by atoms with Crippen LogP contribution in [-0.4, -0.2) is 34.0 Å². The van der Waals surface area contributed by atoms with Crippen molar-refractivity contribution < 1.29 is 4.74 Å². The number of nitrogens with zero attached hydrogens (tertiary/aromatic N) is 3. The smallest absolute Gasteiger partial charge is 0.159 e. The van der Waals surface area contributed by atoms with Gasteiger partial charge in [-0.05, 0) is 13.8 Å². The molecule has 2 heterocycles. The van der Waals surface area contributed by atoms with Crippen molar-refractivity contribution in [2.75, 3.05) is 13.1 Å². The molecule has 0 atom stereocenters. The molecule has 0 aliphatic carbocycles. The highest BCUT2D eigenvalue weighted by Crippen LogP contribution is 2.06. The average Bonchev–Trinajstić information content (AvgIpc) is 2.44. The number of hydrogen-bond acceptors (Lipinski definition) is 4. The summed E-state index contributed by atoms with van der Waals surface area (Å²) >= 11 is 0. The minimum absolute atomic E-state index is 0.359. The van der Waals surface area contributed by atoms with Gasteiger partial charge in [-0.3, -0.25) is 0 Å². The van der Waals surface area contributed by atoms with Gasteiger partial charge in [-0.1, -0.05) is 0 Å². The summed E-state index contributed by atoms with van der Waals surface area (Å²) in [4.78, 5) is 0. The fourth-order valence-electron chi connectivity index (χ4n) is 1.52. The summed E-state index contributed by atoms with van der Waals surface area (Å²) < 4.78 is 7.71. The van der Waals surface area contributed by atoms with Crippen LogP contribution in [0.4, 0.5) is 0 Å². The third kappa shape index (κ3) is 1.78. The molecule has 14 heavy (non-hydrogen) atoms. The van der Waals surface area contributed by atoms with Crippen molar-refractivity contribution >= 4 is 0 Å². The predicted molar refractivity (Wildman–Crippen MR) is 51.9 cm³/mol. The van der Waals surface area contributed by atoms with E-state index in [1.54, 1.807) is 0 Å². The van der Waals surface area contributed by atoms with Crippen molar-refractivity contribution in [1.82, 2.24) is 20.1 Å². The molecule has 78 valence electrons. The molecule has 0 radical (unpaired) electrons. The third-order valence-electron chi connectivity index (χ3n) is 2.52. The van der Waals surface area contributed by atoms with E-state index in [0.29, 0.717) is 12.7 Å². The lowest BCUT2D eigenvalue weighted by atomic mass is 10.2. The molecular formula is C9H16N4O. The van der Waals surface area contributed by atoms with E-state index in [1.807, 2.05) is 6.92 Å². The van der Waals surface area contributed by atoms with Crippen LogP contribution in [0.3, 0.4) is 0 Å². The zero-order valence-corrected chi connectivity index (χ0v) is 8.66. The maximum absolute atomic E-state index is 5.63. The lowest BCUT2D eigenvalue weighted by Crippen LogP contribution is -2.48. The minimum atomic E-state index is 0.359. The summed E-state index contributed by atoms with van der Waals surface area (Å²) in [6, 6.07) is 0. The zero-order valence-electron chi connectivity index (χ0n) is 8.66. The SMILES string of the molecule is CCn1c(C)nnc1COC1CNC1. The van der Waals surface area contributed by atoms with Gasteiger partial charge in [0.1, 0.15) is 12.4 Å². The van der Waals surface area contributed by atoms with Crippen molar-refractivity contribution in [3.63, 3.8) is 0 Å². The topological polar surface area (TPSA) is 52.0 Å². The Hall–Kier alpha value is -0.940. The molecule has 2 rings (SSSR count). The van der Waals surface area contributed by atoms with Gasteiger partial charge in [0.15, 0.2) is 5.82 Å². The van der Waals surface area contributed by atoms with E-state index in [-0.39, 0.29) is 0 Å². The van der Waals surface area contributed by atoms with Gasteiger partial charge in [0.05, 0.1) is 6.10 Å². The zero-order chi connectivity index (χ0) is 9.97. The summed E-state index contributed by atoms with van der Waals surface area (Å²) in [5, 5.41) is 11.3. The van der Waals surface area contributed by atoms with Crippen molar-refractivity contribution in [2.45, 2.75) is 33.1 Å². The number of aryl methyl sites for hydroxylation is 1. The van der Waals surface area contributed by atoms with E-state index in [0.717, 1.165) is 31.3 Å². The van der Waals surface area contributed by atoms with Crippen LogP contribution in [-0.2, 0) is 17.9 Å². The Bertz CT molecular complexity index is 306. The maximum Gasteiger partial charge on any atom is 0.159 e. The van der Waals surface area contributed by atoms with E-state index >= 15 is 0 Å². The standard InChI is InChI=1S/C9H16N4O/c1-3-13-7(2)11-12-9(13)6-14-8-4-10-5-8/h8,10H,3-6H2,1-2H3. The first-order valence-electron chi connectivity index (χ1n) is 5.02. The third-order valence-corrected chi connectivity index (χ3v) is 2.52. The van der Waals surface area contributed by atoms with E-state index in [4.69, 9.17) is 4.74 Å². The van der Waals surface area contributed by atoms with Crippen molar-refractivity contribution in [2.24, 2.45) is 0 Å². The molecule has 0 saturated carbocycles. The van der Waals surface area contributed by atoms with Crippen LogP contribution in [0.2, 0.25) is 0 Å². The Morgan fingerprint density at radius 2 is 2.29 bits per heavy atom. The van der Waals surface area contributed by atoms with Gasteiger partial charge in [0.2, 0.25) is 0 Å².